The Morgan fingerprint density at radius 3 is 2.82 bits per heavy atom. The molecule has 17 heavy (non-hydrogen) atoms. The standard InChI is InChI=1S/C13H14ClNO2/c14-9-1-2-12-10(7-9)11(16)8-13(17-12)3-5-15-6-4-13/h1-2,7,15H,3-6,8H2. The third-order valence-corrected chi connectivity index (χ3v) is 3.80. The summed E-state index contributed by atoms with van der Waals surface area (Å²) in [5, 5.41) is 3.88. The van der Waals surface area contributed by atoms with Gasteiger partial charge >= 0.3 is 0 Å². The first kappa shape index (κ1) is 11.1. The molecule has 3 nitrogen and oxygen atoms in total. The first-order valence-electron chi connectivity index (χ1n) is 5.91. The van der Waals surface area contributed by atoms with Gasteiger partial charge in [0.15, 0.2) is 5.78 Å². The molecule has 0 radical (unpaired) electrons. The second-order valence-electron chi connectivity index (χ2n) is 4.78. The van der Waals surface area contributed by atoms with Crippen molar-refractivity contribution in [3.63, 3.8) is 0 Å². The average molecular weight is 252 g/mol. The van der Waals surface area contributed by atoms with Crippen LogP contribution in [0.1, 0.15) is 29.6 Å². The Kier molecular flexibility index (Phi) is 2.60. The molecule has 0 amide bonds. The van der Waals surface area contributed by atoms with E-state index in [1.165, 1.54) is 0 Å². The van der Waals surface area contributed by atoms with Crippen LogP contribution in [0.4, 0.5) is 0 Å². The molecule has 1 fully saturated rings. The lowest BCUT2D eigenvalue weighted by atomic mass is 9.83. The van der Waals surface area contributed by atoms with Crippen molar-refractivity contribution in [1.82, 2.24) is 5.32 Å². The summed E-state index contributed by atoms with van der Waals surface area (Å²) in [7, 11) is 0. The molecule has 0 unspecified atom stereocenters. The molecule has 2 heterocycles. The number of ketones is 1. The maximum atomic E-state index is 12.2. The van der Waals surface area contributed by atoms with Crippen LogP contribution in [-0.4, -0.2) is 24.5 Å². The van der Waals surface area contributed by atoms with E-state index in [4.69, 9.17) is 16.3 Å². The molecule has 3 rings (SSSR count). The largest absolute Gasteiger partial charge is 0.486 e. The highest BCUT2D eigenvalue weighted by Crippen LogP contribution is 2.38. The lowest BCUT2D eigenvalue weighted by Gasteiger charge is -2.40. The molecule has 1 spiro atoms. The number of hydrogen-bond acceptors (Lipinski definition) is 3. The molecule has 1 saturated heterocycles. The number of carbonyl (C=O) groups excluding carboxylic acids is 1. The van der Waals surface area contributed by atoms with Crippen molar-refractivity contribution in [3.8, 4) is 5.75 Å². The quantitative estimate of drug-likeness (QED) is 0.770. The number of Topliss-reactive ketones (excluding diaryl/α,β-unsaturated/α-hetero) is 1. The predicted octanol–water partition coefficient (Wildman–Crippen LogP) is 2.43. The second-order valence-corrected chi connectivity index (χ2v) is 5.21. The minimum atomic E-state index is -0.289. The van der Waals surface area contributed by atoms with E-state index >= 15 is 0 Å². The maximum Gasteiger partial charge on any atom is 0.170 e. The van der Waals surface area contributed by atoms with Gasteiger partial charge in [-0.15, -0.1) is 0 Å². The molecule has 0 aromatic heterocycles. The van der Waals surface area contributed by atoms with Gasteiger partial charge in [0, 0.05) is 17.9 Å². The lowest BCUT2D eigenvalue weighted by molar-refractivity contribution is 0.0187. The highest BCUT2D eigenvalue weighted by atomic mass is 35.5. The van der Waals surface area contributed by atoms with Gasteiger partial charge in [-0.3, -0.25) is 4.79 Å². The van der Waals surface area contributed by atoms with Crippen LogP contribution < -0.4 is 10.1 Å². The fourth-order valence-corrected chi connectivity index (χ4v) is 2.80. The van der Waals surface area contributed by atoms with Crippen molar-refractivity contribution in [2.45, 2.75) is 24.9 Å². The van der Waals surface area contributed by atoms with Gasteiger partial charge < -0.3 is 10.1 Å². The van der Waals surface area contributed by atoms with Crippen LogP contribution in [-0.2, 0) is 0 Å². The topological polar surface area (TPSA) is 38.3 Å². The highest BCUT2D eigenvalue weighted by Gasteiger charge is 2.41. The van der Waals surface area contributed by atoms with Crippen LogP contribution in [0.15, 0.2) is 18.2 Å². The summed E-state index contributed by atoms with van der Waals surface area (Å²) in [5.74, 6) is 0.836. The molecular weight excluding hydrogens is 238 g/mol. The Bertz CT molecular complexity index is 466. The summed E-state index contributed by atoms with van der Waals surface area (Å²) in [6.07, 6.45) is 2.25. The van der Waals surface area contributed by atoms with Crippen LogP contribution in [0.25, 0.3) is 0 Å². The third kappa shape index (κ3) is 1.94. The smallest absolute Gasteiger partial charge is 0.170 e. The van der Waals surface area contributed by atoms with Crippen molar-refractivity contribution in [2.24, 2.45) is 0 Å². The number of nitrogens with one attached hydrogen (secondary N) is 1. The number of rotatable bonds is 0. The molecule has 4 heteroatoms. The van der Waals surface area contributed by atoms with E-state index in [1.807, 2.05) is 0 Å². The van der Waals surface area contributed by atoms with E-state index in [1.54, 1.807) is 18.2 Å². The van der Waals surface area contributed by atoms with E-state index in [0.717, 1.165) is 25.9 Å². The summed E-state index contributed by atoms with van der Waals surface area (Å²) < 4.78 is 6.07. The fourth-order valence-electron chi connectivity index (χ4n) is 2.63. The Labute approximate surface area is 105 Å². The summed E-state index contributed by atoms with van der Waals surface area (Å²) >= 11 is 5.90. The summed E-state index contributed by atoms with van der Waals surface area (Å²) in [5.41, 5.74) is 0.338. The van der Waals surface area contributed by atoms with Crippen LogP contribution in [0.2, 0.25) is 5.02 Å². The first-order chi connectivity index (χ1) is 8.19. The molecular formula is C13H14ClNO2. The Balaban J connectivity index is 1.97. The molecule has 0 aliphatic carbocycles. The Morgan fingerprint density at radius 2 is 2.06 bits per heavy atom. The minimum absolute atomic E-state index is 0.149. The van der Waals surface area contributed by atoms with Crippen LogP contribution >= 0.6 is 11.6 Å². The third-order valence-electron chi connectivity index (χ3n) is 3.57. The normalized spacial score (nSPS) is 22.1. The van der Waals surface area contributed by atoms with Crippen molar-refractivity contribution < 1.29 is 9.53 Å². The number of halogens is 1. The molecule has 90 valence electrons. The van der Waals surface area contributed by atoms with Crippen LogP contribution in [0, 0.1) is 0 Å². The minimum Gasteiger partial charge on any atom is -0.486 e. The van der Waals surface area contributed by atoms with E-state index in [-0.39, 0.29) is 11.4 Å². The van der Waals surface area contributed by atoms with Crippen molar-refractivity contribution >= 4 is 17.4 Å². The number of benzene rings is 1. The molecule has 2 aliphatic heterocycles. The fraction of sp³-hybridized carbons (Fsp3) is 0.462. The van der Waals surface area contributed by atoms with Crippen LogP contribution in [0.3, 0.4) is 0 Å². The summed E-state index contributed by atoms with van der Waals surface area (Å²) in [6.45, 7) is 1.83. The summed E-state index contributed by atoms with van der Waals surface area (Å²) in [6, 6.07) is 5.28. The monoisotopic (exact) mass is 251 g/mol. The van der Waals surface area contributed by atoms with Crippen molar-refractivity contribution in [1.29, 1.82) is 0 Å². The van der Waals surface area contributed by atoms with Crippen molar-refractivity contribution in [2.75, 3.05) is 13.1 Å². The Morgan fingerprint density at radius 1 is 1.29 bits per heavy atom. The molecule has 1 aromatic carbocycles. The molecule has 0 atom stereocenters. The zero-order valence-electron chi connectivity index (χ0n) is 9.46. The van der Waals surface area contributed by atoms with Gasteiger partial charge in [-0.1, -0.05) is 11.6 Å². The molecule has 2 aliphatic rings. The van der Waals surface area contributed by atoms with Gasteiger partial charge in [-0.2, -0.15) is 0 Å². The number of carbonyl (C=O) groups is 1. The molecule has 1 N–H and O–H groups in total. The van der Waals surface area contributed by atoms with Crippen molar-refractivity contribution in [3.05, 3.63) is 28.8 Å². The SMILES string of the molecule is O=C1CC2(CCNCC2)Oc2ccc(Cl)cc21. The van der Waals surface area contributed by atoms with Gasteiger partial charge in [0.25, 0.3) is 0 Å². The highest BCUT2D eigenvalue weighted by molar-refractivity contribution is 6.31. The van der Waals surface area contributed by atoms with E-state index in [2.05, 4.69) is 5.32 Å². The van der Waals surface area contributed by atoms with Crippen LogP contribution in [0.5, 0.6) is 5.75 Å². The van der Waals surface area contributed by atoms with Gasteiger partial charge in [-0.05, 0) is 31.3 Å². The van der Waals surface area contributed by atoms with Gasteiger partial charge in [0.2, 0.25) is 0 Å². The van der Waals surface area contributed by atoms with Gasteiger partial charge in [-0.25, -0.2) is 0 Å². The summed E-state index contributed by atoms with van der Waals surface area (Å²) in [4.78, 5) is 12.2. The maximum absolute atomic E-state index is 12.2. The van der Waals surface area contributed by atoms with E-state index < -0.39 is 0 Å². The van der Waals surface area contributed by atoms with Gasteiger partial charge in [0.05, 0.1) is 12.0 Å². The van der Waals surface area contributed by atoms with E-state index in [9.17, 15) is 4.79 Å². The zero-order valence-corrected chi connectivity index (χ0v) is 10.2. The molecule has 1 aromatic rings. The number of fused-ring (bicyclic) bond motifs is 1. The second kappa shape index (κ2) is 4.00. The first-order valence-corrected chi connectivity index (χ1v) is 6.29. The zero-order chi connectivity index (χ0) is 11.9. The Hall–Kier alpha value is -1.06. The lowest BCUT2D eigenvalue weighted by Crippen LogP contribution is -2.49. The number of ether oxygens (including phenoxy) is 1. The molecule has 0 bridgehead atoms. The number of piperidine rings is 1. The van der Waals surface area contributed by atoms with Gasteiger partial charge in [0.1, 0.15) is 11.4 Å². The number of hydrogen-bond donors (Lipinski definition) is 1. The average Bonchev–Trinajstić information content (AvgIpc) is 2.31. The van der Waals surface area contributed by atoms with E-state index in [0.29, 0.717) is 22.8 Å². The predicted molar refractivity (Wildman–Crippen MR) is 65.9 cm³/mol. The molecule has 0 saturated carbocycles.